The quantitative estimate of drug-likeness (QED) is 0.217. The molecule has 0 saturated carbocycles. The van der Waals surface area contributed by atoms with Crippen molar-refractivity contribution in [2.24, 2.45) is 5.92 Å². The average Bonchev–Trinajstić information content (AvgIpc) is 3.43. The highest BCUT2D eigenvalue weighted by Gasteiger charge is 2.27. The molecular formula is C31H41NO7S. The summed E-state index contributed by atoms with van der Waals surface area (Å²) < 4.78 is 22.4. The molecule has 2 aromatic rings. The van der Waals surface area contributed by atoms with Gasteiger partial charge in [-0.15, -0.1) is 11.3 Å². The molecule has 8 nitrogen and oxygen atoms in total. The summed E-state index contributed by atoms with van der Waals surface area (Å²) in [4.78, 5) is 44.0. The molecule has 2 aliphatic heterocycles. The lowest BCUT2D eigenvalue weighted by molar-refractivity contribution is -0.168. The highest BCUT2D eigenvalue weighted by atomic mass is 32.1. The van der Waals surface area contributed by atoms with Crippen molar-refractivity contribution in [1.82, 2.24) is 4.98 Å². The van der Waals surface area contributed by atoms with Gasteiger partial charge in [-0.3, -0.25) is 9.59 Å². The molecule has 4 rings (SSSR count). The van der Waals surface area contributed by atoms with Crippen LogP contribution in [-0.2, 0) is 30.3 Å². The number of benzene rings is 1. The topological polar surface area (TPSA) is 101 Å². The fourth-order valence-corrected chi connectivity index (χ4v) is 5.80. The van der Waals surface area contributed by atoms with Gasteiger partial charge in [0, 0.05) is 44.8 Å². The van der Waals surface area contributed by atoms with Crippen molar-refractivity contribution in [3.63, 3.8) is 0 Å². The number of hydrogen-bond donors (Lipinski definition) is 0. The van der Waals surface area contributed by atoms with Crippen molar-refractivity contribution in [3.05, 3.63) is 51.5 Å². The molecule has 0 amide bonds. The molecule has 0 aliphatic carbocycles. The molecule has 0 N–H and O–H groups in total. The maximum Gasteiger partial charge on any atom is 0.338 e. The van der Waals surface area contributed by atoms with Gasteiger partial charge in [0.05, 0.1) is 17.0 Å². The van der Waals surface area contributed by atoms with Crippen LogP contribution in [0.2, 0.25) is 0 Å². The van der Waals surface area contributed by atoms with Gasteiger partial charge < -0.3 is 18.9 Å². The van der Waals surface area contributed by atoms with Crippen molar-refractivity contribution in [1.29, 1.82) is 0 Å². The Balaban J connectivity index is 1.36. The molecule has 1 aromatic carbocycles. The third kappa shape index (κ3) is 9.29. The van der Waals surface area contributed by atoms with Crippen molar-refractivity contribution >= 4 is 28.9 Å². The van der Waals surface area contributed by atoms with Crippen LogP contribution in [0.5, 0.6) is 0 Å². The number of nitrogens with zero attached hydrogens (tertiary/aromatic N) is 1. The molecule has 0 spiro atoms. The molecular weight excluding hydrogens is 530 g/mol. The zero-order valence-corrected chi connectivity index (χ0v) is 24.6. The summed E-state index contributed by atoms with van der Waals surface area (Å²) in [6, 6.07) is 7.12. The van der Waals surface area contributed by atoms with Gasteiger partial charge in [0.15, 0.2) is 17.1 Å². The smallest absolute Gasteiger partial charge is 0.338 e. The van der Waals surface area contributed by atoms with Crippen LogP contribution < -0.4 is 0 Å². The molecule has 0 radical (unpaired) electrons. The molecule has 0 bridgehead atoms. The van der Waals surface area contributed by atoms with Crippen LogP contribution in [0.1, 0.15) is 109 Å². The first-order chi connectivity index (χ1) is 19.2. The Kier molecular flexibility index (Phi) is 11.0. The van der Waals surface area contributed by atoms with Gasteiger partial charge in [-0.2, -0.15) is 0 Å². The van der Waals surface area contributed by atoms with Crippen LogP contribution in [0.25, 0.3) is 0 Å². The predicted octanol–water partition coefficient (Wildman–Crippen LogP) is 6.27. The van der Waals surface area contributed by atoms with Crippen molar-refractivity contribution in [3.8, 4) is 0 Å². The number of carbonyl (C=O) groups is 3. The second-order valence-electron chi connectivity index (χ2n) is 11.6. The third-order valence-electron chi connectivity index (χ3n) is 7.19. The molecule has 2 aliphatic rings. The Morgan fingerprint density at radius 3 is 2.45 bits per heavy atom. The second kappa shape index (κ2) is 14.4. The van der Waals surface area contributed by atoms with E-state index in [4.69, 9.17) is 18.9 Å². The van der Waals surface area contributed by atoms with E-state index in [0.717, 1.165) is 42.5 Å². The van der Waals surface area contributed by atoms with Crippen molar-refractivity contribution in [2.45, 2.75) is 96.6 Å². The van der Waals surface area contributed by atoms with E-state index in [2.05, 4.69) is 4.98 Å². The fourth-order valence-electron chi connectivity index (χ4n) is 5.00. The largest absolute Gasteiger partial charge is 0.456 e. The van der Waals surface area contributed by atoms with E-state index in [9.17, 15) is 14.4 Å². The highest BCUT2D eigenvalue weighted by molar-refractivity contribution is 7.13. The molecule has 2 atom stereocenters. The van der Waals surface area contributed by atoms with Crippen LogP contribution in [0, 0.1) is 5.92 Å². The Labute approximate surface area is 240 Å². The molecule has 1 aromatic heterocycles. The standard InChI is InChI=1S/C31H41NO7S/c1-31(2,3)39-30(35)23-9-7-22(8-10-23)25(18-21-13-16-36-17-14-21)26(33)11-12-27(34)29-32-19-24(40-29)20-38-28-6-4-5-15-37-28/h7-10,19,21,25,28H,4-6,11-18,20H2,1-3H3. The van der Waals surface area contributed by atoms with E-state index < -0.39 is 11.6 Å². The monoisotopic (exact) mass is 571 g/mol. The van der Waals surface area contributed by atoms with Crippen LogP contribution in [0.3, 0.4) is 0 Å². The van der Waals surface area contributed by atoms with E-state index in [1.54, 1.807) is 18.3 Å². The van der Waals surface area contributed by atoms with Crippen LogP contribution in [0.4, 0.5) is 0 Å². The summed E-state index contributed by atoms with van der Waals surface area (Å²) in [5.41, 5.74) is 0.721. The van der Waals surface area contributed by atoms with Crippen LogP contribution in [-0.4, -0.2) is 54.2 Å². The van der Waals surface area contributed by atoms with Gasteiger partial charge in [0.1, 0.15) is 11.4 Å². The summed E-state index contributed by atoms with van der Waals surface area (Å²) in [6.07, 6.45) is 7.28. The van der Waals surface area contributed by atoms with E-state index >= 15 is 0 Å². The van der Waals surface area contributed by atoms with Gasteiger partial charge >= 0.3 is 5.97 Å². The number of aromatic nitrogens is 1. The minimum Gasteiger partial charge on any atom is -0.456 e. The number of ether oxygens (including phenoxy) is 4. The van der Waals surface area contributed by atoms with E-state index in [1.807, 2.05) is 32.9 Å². The SMILES string of the molecule is CC(C)(C)OC(=O)c1ccc(C(CC2CCOCC2)C(=O)CCC(=O)c2ncc(COC3CCCCO3)s2)cc1. The first-order valence-corrected chi connectivity index (χ1v) is 15.1. The van der Waals surface area contributed by atoms with Crippen LogP contribution >= 0.6 is 11.3 Å². The minimum absolute atomic E-state index is 0.0272. The van der Waals surface area contributed by atoms with Crippen LogP contribution in [0.15, 0.2) is 30.5 Å². The summed E-state index contributed by atoms with van der Waals surface area (Å²) in [5.74, 6) is -0.475. The minimum atomic E-state index is -0.584. The summed E-state index contributed by atoms with van der Waals surface area (Å²) in [5, 5.41) is 0.402. The molecule has 3 heterocycles. The van der Waals surface area contributed by atoms with Gasteiger partial charge in [-0.1, -0.05) is 12.1 Å². The van der Waals surface area contributed by atoms with E-state index in [0.29, 0.717) is 49.3 Å². The number of hydrogen-bond acceptors (Lipinski definition) is 9. The lowest BCUT2D eigenvalue weighted by atomic mass is 9.81. The molecule has 40 heavy (non-hydrogen) atoms. The van der Waals surface area contributed by atoms with E-state index in [1.165, 1.54) is 11.3 Å². The highest BCUT2D eigenvalue weighted by Crippen LogP contribution is 2.32. The lowest BCUT2D eigenvalue weighted by Gasteiger charge is -2.26. The molecule has 218 valence electrons. The van der Waals surface area contributed by atoms with Crippen molar-refractivity contribution in [2.75, 3.05) is 19.8 Å². The zero-order valence-electron chi connectivity index (χ0n) is 23.8. The maximum atomic E-state index is 13.5. The summed E-state index contributed by atoms with van der Waals surface area (Å²) in [7, 11) is 0. The van der Waals surface area contributed by atoms with E-state index in [-0.39, 0.29) is 36.6 Å². The molecule has 2 fully saturated rings. The predicted molar refractivity (Wildman–Crippen MR) is 152 cm³/mol. The first kappa shape index (κ1) is 30.5. The Morgan fingerprint density at radius 1 is 1.02 bits per heavy atom. The molecule has 2 unspecified atom stereocenters. The number of esters is 1. The second-order valence-corrected chi connectivity index (χ2v) is 12.7. The number of ketones is 2. The first-order valence-electron chi connectivity index (χ1n) is 14.3. The number of carbonyl (C=O) groups excluding carboxylic acids is 3. The Morgan fingerprint density at radius 2 is 1.77 bits per heavy atom. The van der Waals surface area contributed by atoms with Gasteiger partial charge in [0.2, 0.25) is 0 Å². The number of Topliss-reactive ketones (excluding diaryl/α,β-unsaturated/α-hetero) is 2. The normalized spacial score (nSPS) is 19.2. The summed E-state index contributed by atoms with van der Waals surface area (Å²) in [6.45, 7) is 7.96. The van der Waals surface area contributed by atoms with Gasteiger partial charge in [0.25, 0.3) is 0 Å². The molecule has 9 heteroatoms. The summed E-state index contributed by atoms with van der Waals surface area (Å²) >= 11 is 1.31. The lowest BCUT2D eigenvalue weighted by Crippen LogP contribution is -2.24. The Bertz CT molecular complexity index is 1130. The van der Waals surface area contributed by atoms with Gasteiger partial charge in [-0.05, 0) is 82.9 Å². The third-order valence-corrected chi connectivity index (χ3v) is 8.20. The molecule has 2 saturated heterocycles. The Hall–Kier alpha value is -2.46. The fraction of sp³-hybridized carbons (Fsp3) is 0.613. The average molecular weight is 572 g/mol. The van der Waals surface area contributed by atoms with Crippen molar-refractivity contribution < 1.29 is 33.3 Å². The van der Waals surface area contributed by atoms with Gasteiger partial charge in [-0.25, -0.2) is 9.78 Å². The zero-order chi connectivity index (χ0) is 28.5. The number of rotatable bonds is 12. The maximum absolute atomic E-state index is 13.5. The number of thiazole rings is 1.